The number of halogens is 1. The van der Waals surface area contributed by atoms with Crippen LogP contribution < -0.4 is 5.32 Å². The molecule has 2 N–H and O–H groups in total. The third-order valence-electron chi connectivity index (χ3n) is 4.10. The van der Waals surface area contributed by atoms with Gasteiger partial charge in [-0.2, -0.15) is 0 Å². The van der Waals surface area contributed by atoms with Crippen LogP contribution in [-0.2, 0) is 9.53 Å². The minimum Gasteiger partial charge on any atom is -0.383 e. The van der Waals surface area contributed by atoms with Crippen LogP contribution in [0.4, 0.5) is 4.39 Å². The van der Waals surface area contributed by atoms with Crippen LogP contribution >= 0.6 is 11.8 Å². The van der Waals surface area contributed by atoms with Crippen LogP contribution in [0.25, 0.3) is 22.6 Å². The van der Waals surface area contributed by atoms with Gasteiger partial charge in [-0.25, -0.2) is 9.37 Å². The van der Waals surface area contributed by atoms with Crippen LogP contribution in [-0.4, -0.2) is 41.9 Å². The van der Waals surface area contributed by atoms with Crippen molar-refractivity contribution >= 4 is 17.7 Å². The second-order valence-electron chi connectivity index (χ2n) is 6.27. The first-order valence-electron chi connectivity index (χ1n) is 8.88. The molecule has 0 bridgehead atoms. The number of rotatable bonds is 8. The predicted molar refractivity (Wildman–Crippen MR) is 110 cm³/mol. The first kappa shape index (κ1) is 20.1. The summed E-state index contributed by atoms with van der Waals surface area (Å²) in [7, 11) is 1.59. The Labute approximate surface area is 167 Å². The molecule has 0 saturated carbocycles. The fourth-order valence-corrected chi connectivity index (χ4v) is 3.44. The van der Waals surface area contributed by atoms with Crippen molar-refractivity contribution in [3.63, 3.8) is 0 Å². The highest BCUT2D eigenvalue weighted by Gasteiger charge is 2.15. The Bertz CT molecular complexity index is 924. The molecule has 0 radical (unpaired) electrons. The van der Waals surface area contributed by atoms with E-state index in [1.165, 1.54) is 23.9 Å². The van der Waals surface area contributed by atoms with Crippen molar-refractivity contribution in [1.82, 2.24) is 15.3 Å². The number of nitrogens with one attached hydrogen (secondary N) is 2. The summed E-state index contributed by atoms with van der Waals surface area (Å²) in [5.74, 6) is 0.554. The van der Waals surface area contributed by atoms with Crippen molar-refractivity contribution in [2.24, 2.45) is 0 Å². The van der Waals surface area contributed by atoms with Crippen LogP contribution in [0.3, 0.4) is 0 Å². The summed E-state index contributed by atoms with van der Waals surface area (Å²) in [6.07, 6.45) is 0. The number of carbonyl (C=O) groups is 1. The van der Waals surface area contributed by atoms with Gasteiger partial charge in [-0.05, 0) is 31.2 Å². The second kappa shape index (κ2) is 9.52. The lowest BCUT2D eigenvalue weighted by molar-refractivity contribution is -0.118. The third-order valence-corrected chi connectivity index (χ3v) is 5.07. The molecule has 0 atom stereocenters. The number of imidazole rings is 1. The van der Waals surface area contributed by atoms with Crippen LogP contribution in [0.2, 0.25) is 0 Å². The fraction of sp³-hybridized carbons (Fsp3) is 0.238. The normalized spacial score (nSPS) is 10.8. The highest BCUT2D eigenvalue weighted by Crippen LogP contribution is 2.32. The Morgan fingerprint density at radius 2 is 1.82 bits per heavy atom. The van der Waals surface area contributed by atoms with Gasteiger partial charge in [0.15, 0.2) is 0 Å². The fourth-order valence-electron chi connectivity index (χ4n) is 2.60. The molecule has 0 fully saturated rings. The lowest BCUT2D eigenvalue weighted by atomic mass is 10.1. The van der Waals surface area contributed by atoms with Gasteiger partial charge in [0.1, 0.15) is 16.7 Å². The van der Waals surface area contributed by atoms with Gasteiger partial charge in [0.05, 0.1) is 18.1 Å². The van der Waals surface area contributed by atoms with E-state index in [1.807, 2.05) is 31.2 Å². The van der Waals surface area contributed by atoms with E-state index in [0.717, 1.165) is 22.4 Å². The SMILES string of the molecule is COCCNC(=O)CSc1nc(-c2ccc(C)cc2)[nH]c1-c1ccc(F)cc1. The Morgan fingerprint density at radius 3 is 2.50 bits per heavy atom. The second-order valence-corrected chi connectivity index (χ2v) is 7.23. The van der Waals surface area contributed by atoms with Crippen LogP contribution in [0.1, 0.15) is 5.56 Å². The number of hydrogen-bond acceptors (Lipinski definition) is 4. The predicted octanol–water partition coefficient (Wildman–Crippen LogP) is 4.05. The van der Waals surface area contributed by atoms with E-state index >= 15 is 0 Å². The number of methoxy groups -OCH3 is 1. The molecule has 3 rings (SSSR count). The van der Waals surface area contributed by atoms with Crippen molar-refractivity contribution in [3.8, 4) is 22.6 Å². The summed E-state index contributed by atoms with van der Waals surface area (Å²) in [5.41, 5.74) is 3.70. The number of benzene rings is 2. The smallest absolute Gasteiger partial charge is 0.230 e. The first-order valence-corrected chi connectivity index (χ1v) is 9.87. The van der Waals surface area contributed by atoms with Crippen molar-refractivity contribution in [2.75, 3.05) is 26.0 Å². The Kier molecular flexibility index (Phi) is 6.84. The average molecular weight is 399 g/mol. The van der Waals surface area contributed by atoms with Gasteiger partial charge < -0.3 is 15.0 Å². The van der Waals surface area contributed by atoms with Crippen molar-refractivity contribution in [2.45, 2.75) is 11.9 Å². The van der Waals surface area contributed by atoms with Crippen molar-refractivity contribution in [3.05, 3.63) is 59.9 Å². The number of thioether (sulfide) groups is 1. The Hall–Kier alpha value is -2.64. The summed E-state index contributed by atoms with van der Waals surface area (Å²) in [6, 6.07) is 14.2. The molecule has 0 aliphatic heterocycles. The molecule has 0 aliphatic rings. The van der Waals surface area contributed by atoms with Gasteiger partial charge >= 0.3 is 0 Å². The maximum atomic E-state index is 13.3. The molecule has 1 heterocycles. The quantitative estimate of drug-likeness (QED) is 0.443. The number of aromatic amines is 1. The molecule has 0 aliphatic carbocycles. The summed E-state index contributed by atoms with van der Waals surface area (Å²) >= 11 is 1.34. The number of amides is 1. The molecule has 2 aromatic carbocycles. The van der Waals surface area contributed by atoms with Crippen molar-refractivity contribution < 1.29 is 13.9 Å². The van der Waals surface area contributed by atoms with E-state index in [0.29, 0.717) is 24.0 Å². The van der Waals surface area contributed by atoms with E-state index in [1.54, 1.807) is 19.2 Å². The number of aromatic nitrogens is 2. The molecule has 5 nitrogen and oxygen atoms in total. The van der Waals surface area contributed by atoms with E-state index < -0.39 is 0 Å². The molecule has 28 heavy (non-hydrogen) atoms. The number of hydrogen-bond donors (Lipinski definition) is 2. The van der Waals surface area contributed by atoms with E-state index in [-0.39, 0.29) is 17.5 Å². The van der Waals surface area contributed by atoms with E-state index in [4.69, 9.17) is 4.74 Å². The molecule has 1 amide bonds. The van der Waals surface area contributed by atoms with E-state index in [9.17, 15) is 9.18 Å². The first-order chi connectivity index (χ1) is 13.6. The monoisotopic (exact) mass is 399 g/mol. The summed E-state index contributed by atoms with van der Waals surface area (Å²) in [5, 5.41) is 3.49. The van der Waals surface area contributed by atoms with Gasteiger partial charge in [-0.15, -0.1) is 0 Å². The molecule has 3 aromatic rings. The molecule has 0 spiro atoms. The van der Waals surface area contributed by atoms with Gasteiger partial charge in [-0.1, -0.05) is 41.6 Å². The molecule has 0 unspecified atom stereocenters. The van der Waals surface area contributed by atoms with Gasteiger partial charge in [0.25, 0.3) is 0 Å². The average Bonchev–Trinajstić information content (AvgIpc) is 3.12. The minimum absolute atomic E-state index is 0.0907. The van der Waals surface area contributed by atoms with E-state index in [2.05, 4.69) is 15.3 Å². The van der Waals surface area contributed by atoms with Gasteiger partial charge in [-0.3, -0.25) is 4.79 Å². The number of carbonyl (C=O) groups excluding carboxylic acids is 1. The largest absolute Gasteiger partial charge is 0.383 e. The molecule has 0 saturated heterocycles. The van der Waals surface area contributed by atoms with Crippen LogP contribution in [0.15, 0.2) is 53.6 Å². The zero-order chi connectivity index (χ0) is 19.9. The molecular weight excluding hydrogens is 377 g/mol. The van der Waals surface area contributed by atoms with Crippen LogP contribution in [0, 0.1) is 12.7 Å². The maximum Gasteiger partial charge on any atom is 0.230 e. The van der Waals surface area contributed by atoms with Crippen LogP contribution in [0.5, 0.6) is 0 Å². The third kappa shape index (κ3) is 5.21. The highest BCUT2D eigenvalue weighted by atomic mass is 32.2. The van der Waals surface area contributed by atoms with Crippen molar-refractivity contribution in [1.29, 1.82) is 0 Å². The summed E-state index contributed by atoms with van der Waals surface area (Å²) < 4.78 is 18.3. The molecular formula is C21H22FN3O2S. The summed E-state index contributed by atoms with van der Waals surface area (Å²) in [4.78, 5) is 20.0. The molecule has 146 valence electrons. The summed E-state index contributed by atoms with van der Waals surface area (Å²) in [6.45, 7) is 2.96. The standard InChI is InChI=1S/C21H22FN3O2S/c1-14-3-5-16(6-4-14)20-24-19(15-7-9-17(22)10-8-15)21(25-20)28-13-18(26)23-11-12-27-2/h3-10H,11-13H2,1-2H3,(H,23,26)(H,24,25). The topological polar surface area (TPSA) is 67.0 Å². The van der Waals surface area contributed by atoms with Gasteiger partial charge in [0, 0.05) is 24.8 Å². The zero-order valence-corrected chi connectivity index (χ0v) is 16.6. The lowest BCUT2D eigenvalue weighted by Crippen LogP contribution is -2.28. The number of aryl methyl sites for hydroxylation is 1. The van der Waals surface area contributed by atoms with Gasteiger partial charge in [0.2, 0.25) is 5.91 Å². The highest BCUT2D eigenvalue weighted by molar-refractivity contribution is 8.00. The Balaban J connectivity index is 1.84. The number of nitrogens with zero attached hydrogens (tertiary/aromatic N) is 1. The molecule has 7 heteroatoms. The maximum absolute atomic E-state index is 13.3. The molecule has 1 aromatic heterocycles. The minimum atomic E-state index is -0.297. The zero-order valence-electron chi connectivity index (χ0n) is 15.8. The number of H-pyrrole nitrogens is 1. The lowest BCUT2D eigenvalue weighted by Gasteiger charge is -2.05. The number of ether oxygens (including phenoxy) is 1. The Morgan fingerprint density at radius 1 is 1.14 bits per heavy atom.